The maximum atomic E-state index is 12.2. The lowest BCUT2D eigenvalue weighted by molar-refractivity contribution is 0.0954. The van der Waals surface area contributed by atoms with Crippen molar-refractivity contribution < 1.29 is 9.53 Å². The molecule has 0 bridgehead atoms. The SMILES string of the molecule is COc1cc(C(=O)N/N=C/c2ccc(Sc3ccc(Cl)cc3)cc2)ccc1I. The van der Waals surface area contributed by atoms with Gasteiger partial charge in [-0.2, -0.15) is 5.10 Å². The minimum atomic E-state index is -0.291. The van der Waals surface area contributed by atoms with Gasteiger partial charge in [-0.1, -0.05) is 35.5 Å². The maximum absolute atomic E-state index is 12.2. The Morgan fingerprint density at radius 2 is 1.71 bits per heavy atom. The molecule has 3 rings (SSSR count). The van der Waals surface area contributed by atoms with E-state index in [1.807, 2.05) is 54.6 Å². The fourth-order valence-corrected chi connectivity index (χ4v) is 3.79. The van der Waals surface area contributed by atoms with Crippen molar-refractivity contribution in [2.45, 2.75) is 9.79 Å². The lowest BCUT2D eigenvalue weighted by Gasteiger charge is -2.05. The lowest BCUT2D eigenvalue weighted by atomic mass is 10.2. The Morgan fingerprint density at radius 3 is 2.36 bits per heavy atom. The van der Waals surface area contributed by atoms with Crippen molar-refractivity contribution in [3.63, 3.8) is 0 Å². The summed E-state index contributed by atoms with van der Waals surface area (Å²) in [4.78, 5) is 14.4. The monoisotopic (exact) mass is 522 g/mol. The Bertz CT molecular complexity index is 992. The number of rotatable bonds is 6. The van der Waals surface area contributed by atoms with Gasteiger partial charge in [0.1, 0.15) is 5.75 Å². The zero-order chi connectivity index (χ0) is 19.9. The van der Waals surface area contributed by atoms with Crippen LogP contribution >= 0.6 is 46.0 Å². The van der Waals surface area contributed by atoms with Crippen molar-refractivity contribution in [3.8, 4) is 5.75 Å². The quantitative estimate of drug-likeness (QED) is 0.250. The first kappa shape index (κ1) is 20.7. The van der Waals surface area contributed by atoms with Gasteiger partial charge in [0.15, 0.2) is 0 Å². The van der Waals surface area contributed by atoms with E-state index < -0.39 is 0 Å². The van der Waals surface area contributed by atoms with E-state index in [0.29, 0.717) is 11.3 Å². The van der Waals surface area contributed by atoms with Crippen LogP contribution in [0.1, 0.15) is 15.9 Å². The first-order valence-corrected chi connectivity index (χ1v) is 10.5. The number of nitrogens with zero attached hydrogens (tertiary/aromatic N) is 1. The van der Waals surface area contributed by atoms with E-state index in [1.165, 1.54) is 0 Å². The Labute approximate surface area is 186 Å². The predicted octanol–water partition coefficient (Wildman–Crippen LogP) is 5.87. The number of carbonyl (C=O) groups excluding carboxylic acids is 1. The molecule has 0 saturated carbocycles. The van der Waals surface area contributed by atoms with E-state index >= 15 is 0 Å². The molecule has 0 spiro atoms. The number of carbonyl (C=O) groups is 1. The molecule has 0 saturated heterocycles. The van der Waals surface area contributed by atoms with E-state index in [0.717, 1.165) is 23.9 Å². The Morgan fingerprint density at radius 1 is 1.07 bits per heavy atom. The van der Waals surface area contributed by atoms with Crippen LogP contribution in [0.5, 0.6) is 5.75 Å². The maximum Gasteiger partial charge on any atom is 0.271 e. The number of amides is 1. The van der Waals surface area contributed by atoms with Crippen molar-refractivity contribution in [2.75, 3.05) is 7.11 Å². The molecule has 0 aliphatic rings. The van der Waals surface area contributed by atoms with Crippen molar-refractivity contribution in [2.24, 2.45) is 5.10 Å². The fraction of sp³-hybridized carbons (Fsp3) is 0.0476. The molecule has 4 nitrogen and oxygen atoms in total. The first-order chi connectivity index (χ1) is 13.5. The highest BCUT2D eigenvalue weighted by Crippen LogP contribution is 2.28. The molecule has 0 aromatic heterocycles. The van der Waals surface area contributed by atoms with Crippen molar-refractivity contribution in [3.05, 3.63) is 86.4 Å². The highest BCUT2D eigenvalue weighted by molar-refractivity contribution is 14.1. The standard InChI is InChI=1S/C21H16ClIN2O2S/c1-27-20-12-15(4-11-19(20)23)21(26)25-24-13-14-2-7-17(8-3-14)28-18-9-5-16(22)6-10-18/h2-13H,1H3,(H,25,26)/b24-13+. The molecule has 28 heavy (non-hydrogen) atoms. The third kappa shape index (κ3) is 5.73. The van der Waals surface area contributed by atoms with Crippen LogP contribution in [0.15, 0.2) is 81.6 Å². The zero-order valence-corrected chi connectivity index (χ0v) is 18.6. The molecular formula is C21H16ClIN2O2S. The molecule has 0 unspecified atom stereocenters. The first-order valence-electron chi connectivity index (χ1n) is 8.25. The molecule has 7 heteroatoms. The van der Waals surface area contributed by atoms with Crippen LogP contribution in [0.2, 0.25) is 5.02 Å². The van der Waals surface area contributed by atoms with Crippen LogP contribution in [-0.4, -0.2) is 19.2 Å². The number of halogens is 2. The van der Waals surface area contributed by atoms with E-state index in [4.69, 9.17) is 16.3 Å². The van der Waals surface area contributed by atoms with E-state index in [-0.39, 0.29) is 5.91 Å². The summed E-state index contributed by atoms with van der Waals surface area (Å²) in [5.74, 6) is 0.367. The Balaban J connectivity index is 1.58. The van der Waals surface area contributed by atoms with Crippen LogP contribution in [0.4, 0.5) is 0 Å². The van der Waals surface area contributed by atoms with Gasteiger partial charge in [0, 0.05) is 20.4 Å². The van der Waals surface area contributed by atoms with Gasteiger partial charge in [0.05, 0.1) is 16.9 Å². The summed E-state index contributed by atoms with van der Waals surface area (Å²) in [7, 11) is 1.58. The molecule has 1 amide bonds. The van der Waals surface area contributed by atoms with Crippen molar-refractivity contribution in [1.82, 2.24) is 5.43 Å². The summed E-state index contributed by atoms with van der Waals surface area (Å²) in [5, 5.41) is 4.75. The average Bonchev–Trinajstić information content (AvgIpc) is 2.71. The number of hydrazone groups is 1. The molecule has 1 N–H and O–H groups in total. The molecule has 0 radical (unpaired) electrons. The van der Waals surface area contributed by atoms with Gasteiger partial charge >= 0.3 is 0 Å². The molecule has 0 aliphatic carbocycles. The summed E-state index contributed by atoms with van der Waals surface area (Å²) in [6.07, 6.45) is 1.61. The van der Waals surface area contributed by atoms with Crippen LogP contribution in [0.25, 0.3) is 0 Å². The molecule has 0 heterocycles. The molecular weight excluding hydrogens is 507 g/mol. The highest BCUT2D eigenvalue weighted by Gasteiger charge is 2.08. The Hall–Kier alpha value is -2.03. The minimum Gasteiger partial charge on any atom is -0.496 e. The number of methoxy groups -OCH3 is 1. The Kier molecular flexibility index (Phi) is 7.36. The predicted molar refractivity (Wildman–Crippen MR) is 123 cm³/mol. The van der Waals surface area contributed by atoms with E-state index in [1.54, 1.807) is 37.2 Å². The highest BCUT2D eigenvalue weighted by atomic mass is 127. The van der Waals surface area contributed by atoms with Gasteiger partial charge in [-0.3, -0.25) is 4.79 Å². The normalized spacial score (nSPS) is 10.8. The van der Waals surface area contributed by atoms with Gasteiger partial charge < -0.3 is 4.74 Å². The molecule has 0 fully saturated rings. The molecule has 142 valence electrons. The van der Waals surface area contributed by atoms with Crippen LogP contribution < -0.4 is 10.2 Å². The van der Waals surface area contributed by atoms with Gasteiger partial charge in [0.25, 0.3) is 5.91 Å². The second-order valence-electron chi connectivity index (χ2n) is 5.67. The number of nitrogens with one attached hydrogen (secondary N) is 1. The smallest absolute Gasteiger partial charge is 0.271 e. The second-order valence-corrected chi connectivity index (χ2v) is 8.42. The number of hydrogen-bond donors (Lipinski definition) is 1. The average molecular weight is 523 g/mol. The van der Waals surface area contributed by atoms with Crippen LogP contribution in [-0.2, 0) is 0 Å². The van der Waals surface area contributed by atoms with Gasteiger partial charge in [-0.05, 0) is 82.8 Å². The summed E-state index contributed by atoms with van der Waals surface area (Å²) in [6.45, 7) is 0. The van der Waals surface area contributed by atoms with Crippen molar-refractivity contribution >= 4 is 58.1 Å². The third-order valence-electron chi connectivity index (χ3n) is 3.72. The van der Waals surface area contributed by atoms with Gasteiger partial charge in [-0.25, -0.2) is 5.43 Å². The number of hydrogen-bond acceptors (Lipinski definition) is 4. The van der Waals surface area contributed by atoms with Gasteiger partial charge in [0.2, 0.25) is 0 Å². The second kappa shape index (κ2) is 9.95. The largest absolute Gasteiger partial charge is 0.496 e. The van der Waals surface area contributed by atoms with Crippen LogP contribution in [0, 0.1) is 3.57 Å². The summed E-state index contributed by atoms with van der Waals surface area (Å²) >= 11 is 9.71. The zero-order valence-electron chi connectivity index (χ0n) is 14.9. The molecule has 0 aliphatic heterocycles. The fourth-order valence-electron chi connectivity index (χ4n) is 2.29. The number of benzene rings is 3. The molecule has 3 aromatic carbocycles. The van der Waals surface area contributed by atoms with Gasteiger partial charge in [-0.15, -0.1) is 0 Å². The minimum absolute atomic E-state index is 0.291. The topological polar surface area (TPSA) is 50.7 Å². The molecule has 3 aromatic rings. The third-order valence-corrected chi connectivity index (χ3v) is 5.88. The summed E-state index contributed by atoms with van der Waals surface area (Å²) in [6, 6.07) is 20.9. The summed E-state index contributed by atoms with van der Waals surface area (Å²) < 4.78 is 6.18. The summed E-state index contributed by atoms with van der Waals surface area (Å²) in [5.41, 5.74) is 3.91. The van der Waals surface area contributed by atoms with E-state index in [2.05, 4.69) is 33.1 Å². The molecule has 0 atom stereocenters. The lowest BCUT2D eigenvalue weighted by Crippen LogP contribution is -2.17. The van der Waals surface area contributed by atoms with Crippen molar-refractivity contribution in [1.29, 1.82) is 0 Å². The van der Waals surface area contributed by atoms with E-state index in [9.17, 15) is 4.79 Å². The number of ether oxygens (including phenoxy) is 1. The van der Waals surface area contributed by atoms with Crippen LogP contribution in [0.3, 0.4) is 0 Å².